The number of hydrogen-bond donors (Lipinski definition) is 2. The molecular weight excluding hydrogens is 331 g/mol. The van der Waals surface area contributed by atoms with Gasteiger partial charge in [0.1, 0.15) is 18.0 Å². The highest BCUT2D eigenvalue weighted by Gasteiger charge is 2.09. The number of aromatic nitrogens is 6. The lowest BCUT2D eigenvalue weighted by atomic mass is 10.3. The Bertz CT molecular complexity index is 820. The zero-order chi connectivity index (χ0) is 16.9. The van der Waals surface area contributed by atoms with Crippen LogP contribution in [0.5, 0.6) is 0 Å². The highest BCUT2D eigenvalue weighted by Crippen LogP contribution is 2.20. The van der Waals surface area contributed by atoms with Crippen LogP contribution in [0.15, 0.2) is 35.7 Å². The van der Waals surface area contributed by atoms with E-state index >= 15 is 0 Å². The molecule has 8 nitrogen and oxygen atoms in total. The molecule has 3 rings (SSSR count). The zero-order valence-corrected chi connectivity index (χ0v) is 13.7. The van der Waals surface area contributed by atoms with Gasteiger partial charge >= 0.3 is 0 Å². The normalized spacial score (nSPS) is 10.8. The molecule has 10 heteroatoms. The van der Waals surface area contributed by atoms with Gasteiger partial charge in [-0.1, -0.05) is 11.8 Å². The first-order valence-electron chi connectivity index (χ1n) is 7.17. The van der Waals surface area contributed by atoms with Gasteiger partial charge in [0, 0.05) is 12.2 Å². The van der Waals surface area contributed by atoms with Crippen LogP contribution >= 0.6 is 11.8 Å². The second-order valence-electron chi connectivity index (χ2n) is 4.75. The third-order valence-corrected chi connectivity index (χ3v) is 4.03. The molecule has 0 unspecified atom stereocenters. The Labute approximate surface area is 141 Å². The fraction of sp³-hybridized carbons (Fsp3) is 0.214. The molecule has 0 radical (unpaired) electrons. The fourth-order valence-electron chi connectivity index (χ4n) is 1.92. The standard InChI is InChI=1S/C14H15FN8S/c1-2-23-8-17-22-14(23)24-7-11-19-12(16)21-13(20-11)18-10-5-3-9(15)4-6-10/h3-6,8H,2,7H2,1H3,(H3,16,18,19,20,21). The molecule has 2 aromatic heterocycles. The Hall–Kier alpha value is -2.75. The highest BCUT2D eigenvalue weighted by molar-refractivity contribution is 7.98. The minimum Gasteiger partial charge on any atom is -0.368 e. The number of anilines is 3. The van der Waals surface area contributed by atoms with E-state index in [9.17, 15) is 4.39 Å². The van der Waals surface area contributed by atoms with Crippen molar-refractivity contribution in [2.75, 3.05) is 11.1 Å². The Balaban J connectivity index is 1.72. The van der Waals surface area contributed by atoms with Crippen LogP contribution in [0.1, 0.15) is 12.7 Å². The largest absolute Gasteiger partial charge is 0.368 e. The molecule has 0 aliphatic rings. The lowest BCUT2D eigenvalue weighted by Crippen LogP contribution is -2.07. The molecule has 3 N–H and O–H groups in total. The maximum Gasteiger partial charge on any atom is 0.232 e. The van der Waals surface area contributed by atoms with Crippen LogP contribution in [0.4, 0.5) is 22.0 Å². The van der Waals surface area contributed by atoms with E-state index in [4.69, 9.17) is 5.73 Å². The Morgan fingerprint density at radius 2 is 2.00 bits per heavy atom. The van der Waals surface area contributed by atoms with Crippen molar-refractivity contribution in [2.24, 2.45) is 0 Å². The molecule has 0 spiro atoms. The van der Waals surface area contributed by atoms with Gasteiger partial charge in [-0.25, -0.2) is 4.39 Å². The molecule has 24 heavy (non-hydrogen) atoms. The van der Waals surface area contributed by atoms with Crippen molar-refractivity contribution in [1.82, 2.24) is 29.7 Å². The number of aryl methyl sites for hydroxylation is 1. The van der Waals surface area contributed by atoms with Gasteiger partial charge in [0.15, 0.2) is 5.16 Å². The summed E-state index contributed by atoms with van der Waals surface area (Å²) in [6.07, 6.45) is 1.67. The summed E-state index contributed by atoms with van der Waals surface area (Å²) in [5, 5.41) is 11.7. The molecule has 0 saturated carbocycles. The molecule has 0 amide bonds. The molecule has 0 bridgehead atoms. The van der Waals surface area contributed by atoms with Crippen LogP contribution in [0.3, 0.4) is 0 Å². The zero-order valence-electron chi connectivity index (χ0n) is 12.8. The average molecular weight is 346 g/mol. The monoisotopic (exact) mass is 346 g/mol. The molecule has 0 aliphatic carbocycles. The molecule has 0 saturated heterocycles. The first-order valence-corrected chi connectivity index (χ1v) is 8.16. The van der Waals surface area contributed by atoms with Crippen molar-refractivity contribution in [2.45, 2.75) is 24.4 Å². The van der Waals surface area contributed by atoms with Crippen LogP contribution in [-0.4, -0.2) is 29.7 Å². The van der Waals surface area contributed by atoms with Crippen molar-refractivity contribution < 1.29 is 4.39 Å². The third kappa shape index (κ3) is 3.96. The van der Waals surface area contributed by atoms with E-state index in [2.05, 4.69) is 30.5 Å². The predicted octanol–water partition coefficient (Wildman–Crippen LogP) is 2.24. The fourth-order valence-corrected chi connectivity index (χ4v) is 2.76. The van der Waals surface area contributed by atoms with E-state index < -0.39 is 0 Å². The van der Waals surface area contributed by atoms with Gasteiger partial charge in [-0.2, -0.15) is 15.0 Å². The third-order valence-electron chi connectivity index (χ3n) is 3.05. The first-order chi connectivity index (χ1) is 11.6. The number of thioether (sulfide) groups is 1. The first kappa shape index (κ1) is 16.1. The van der Waals surface area contributed by atoms with Crippen LogP contribution in [0.2, 0.25) is 0 Å². The summed E-state index contributed by atoms with van der Waals surface area (Å²) in [5.41, 5.74) is 6.40. The van der Waals surface area contributed by atoms with Crippen molar-refractivity contribution in [1.29, 1.82) is 0 Å². The lowest BCUT2D eigenvalue weighted by molar-refractivity contribution is 0.628. The molecular formula is C14H15FN8S. The number of nitrogens with two attached hydrogens (primary N) is 1. The summed E-state index contributed by atoms with van der Waals surface area (Å²) in [5.74, 6) is 1.10. The van der Waals surface area contributed by atoms with E-state index in [1.165, 1.54) is 23.9 Å². The van der Waals surface area contributed by atoms with Gasteiger partial charge in [0.05, 0.1) is 5.75 Å². The van der Waals surface area contributed by atoms with Crippen molar-refractivity contribution >= 4 is 29.3 Å². The summed E-state index contributed by atoms with van der Waals surface area (Å²) in [4.78, 5) is 12.5. The van der Waals surface area contributed by atoms with E-state index in [1.54, 1.807) is 18.5 Å². The Morgan fingerprint density at radius 1 is 1.21 bits per heavy atom. The summed E-state index contributed by atoms with van der Waals surface area (Å²) in [7, 11) is 0. The van der Waals surface area contributed by atoms with Crippen LogP contribution in [0.25, 0.3) is 0 Å². The SMILES string of the molecule is CCn1cnnc1SCc1nc(N)nc(Nc2ccc(F)cc2)n1. The van der Waals surface area contributed by atoms with Crippen molar-refractivity contribution in [3.63, 3.8) is 0 Å². The number of rotatable bonds is 6. The smallest absolute Gasteiger partial charge is 0.232 e. The number of nitrogens with zero attached hydrogens (tertiary/aromatic N) is 6. The van der Waals surface area contributed by atoms with Crippen LogP contribution in [-0.2, 0) is 12.3 Å². The van der Waals surface area contributed by atoms with Crippen LogP contribution in [0, 0.1) is 5.82 Å². The molecule has 0 atom stereocenters. The van der Waals surface area contributed by atoms with Crippen molar-refractivity contribution in [3.8, 4) is 0 Å². The second kappa shape index (κ2) is 7.21. The van der Waals surface area contributed by atoms with E-state index in [0.29, 0.717) is 23.2 Å². The number of nitrogens with one attached hydrogen (secondary N) is 1. The summed E-state index contributed by atoms with van der Waals surface area (Å²) >= 11 is 1.46. The quantitative estimate of drug-likeness (QED) is 0.654. The highest BCUT2D eigenvalue weighted by atomic mass is 32.2. The Morgan fingerprint density at radius 3 is 2.75 bits per heavy atom. The summed E-state index contributed by atoms with van der Waals surface area (Å²) in [6, 6.07) is 5.88. The maximum absolute atomic E-state index is 12.9. The van der Waals surface area contributed by atoms with Crippen molar-refractivity contribution in [3.05, 3.63) is 42.2 Å². The average Bonchev–Trinajstić information content (AvgIpc) is 3.02. The molecule has 1 aromatic carbocycles. The second-order valence-corrected chi connectivity index (χ2v) is 5.70. The molecule has 124 valence electrons. The number of nitrogen functional groups attached to an aromatic ring is 1. The van der Waals surface area contributed by atoms with E-state index in [-0.39, 0.29) is 11.8 Å². The molecule has 0 fully saturated rings. The van der Waals surface area contributed by atoms with Gasteiger partial charge in [0.25, 0.3) is 0 Å². The Kier molecular flexibility index (Phi) is 4.85. The maximum atomic E-state index is 12.9. The van der Waals surface area contributed by atoms with Crippen LogP contribution < -0.4 is 11.1 Å². The van der Waals surface area contributed by atoms with Gasteiger partial charge < -0.3 is 15.6 Å². The lowest BCUT2D eigenvalue weighted by Gasteiger charge is -2.07. The van der Waals surface area contributed by atoms with Gasteiger partial charge in [0.2, 0.25) is 11.9 Å². The molecule has 2 heterocycles. The molecule has 0 aliphatic heterocycles. The van der Waals surface area contributed by atoms with E-state index in [0.717, 1.165) is 11.7 Å². The number of benzene rings is 1. The summed E-state index contributed by atoms with van der Waals surface area (Å²) < 4.78 is 14.9. The minimum atomic E-state index is -0.312. The molecule has 3 aromatic rings. The van der Waals surface area contributed by atoms with E-state index in [1.807, 2.05) is 11.5 Å². The summed E-state index contributed by atoms with van der Waals surface area (Å²) in [6.45, 7) is 2.80. The van der Waals surface area contributed by atoms with Gasteiger partial charge in [-0.3, -0.25) is 0 Å². The van der Waals surface area contributed by atoms with Gasteiger partial charge in [-0.05, 0) is 31.2 Å². The topological polar surface area (TPSA) is 107 Å². The minimum absolute atomic E-state index is 0.113. The van der Waals surface area contributed by atoms with Gasteiger partial charge in [-0.15, -0.1) is 10.2 Å². The predicted molar refractivity (Wildman–Crippen MR) is 89.2 cm³/mol. The number of hydrogen-bond acceptors (Lipinski definition) is 8. The number of halogens is 1.